The van der Waals surface area contributed by atoms with Crippen molar-refractivity contribution in [3.63, 3.8) is 0 Å². The third kappa shape index (κ3) is 9.66. The largest absolute Gasteiger partial charge is 1.00 e. The second-order valence-corrected chi connectivity index (χ2v) is 13.5. The van der Waals surface area contributed by atoms with E-state index in [0.717, 1.165) is 24.3 Å². The molecule has 24 heteroatoms. The van der Waals surface area contributed by atoms with Gasteiger partial charge in [0, 0.05) is 10.8 Å². The maximum atomic E-state index is 13.0. The SMILES string of the molecule is O=S(=O)([O-])c1cc(S(=O)(=O)[O-])c2cc(N=Nc3c(S(=O)(=O)O)cc4cc(S(=O)(=O)[O-])cc(O)c4c3[O-])ccc2c1.[Na+].[Na+].[Na+].[Na+]. The van der Waals surface area contributed by atoms with Crippen molar-refractivity contribution in [1.82, 2.24) is 0 Å². The van der Waals surface area contributed by atoms with Gasteiger partial charge in [-0.05, 0) is 53.2 Å². The average Bonchev–Trinajstić information content (AvgIpc) is 2.79. The molecule has 4 aromatic carbocycles. The number of hydrogen-bond donors (Lipinski definition) is 2. The van der Waals surface area contributed by atoms with Crippen molar-refractivity contribution in [3.8, 4) is 11.5 Å². The van der Waals surface area contributed by atoms with Gasteiger partial charge in [0.1, 0.15) is 41.0 Å². The molecule has 4 aromatic rings. The fourth-order valence-electron chi connectivity index (χ4n) is 3.67. The second-order valence-electron chi connectivity index (χ2n) is 7.96. The molecular weight excluding hydrogens is 712 g/mol. The van der Waals surface area contributed by atoms with Gasteiger partial charge in [0.15, 0.2) is 0 Å². The van der Waals surface area contributed by atoms with Gasteiger partial charge in [-0.25, -0.2) is 25.3 Å². The summed E-state index contributed by atoms with van der Waals surface area (Å²) in [5, 5.41) is 28.4. The molecule has 16 nitrogen and oxygen atoms in total. The van der Waals surface area contributed by atoms with Crippen LogP contribution < -0.4 is 123 Å². The van der Waals surface area contributed by atoms with Crippen LogP contribution >= 0.6 is 0 Å². The van der Waals surface area contributed by atoms with Gasteiger partial charge in [-0.2, -0.15) is 13.5 Å². The summed E-state index contributed by atoms with van der Waals surface area (Å²) in [6.07, 6.45) is 0. The Balaban J connectivity index is 0.00000462. The van der Waals surface area contributed by atoms with Crippen molar-refractivity contribution in [3.05, 3.63) is 48.5 Å². The number of rotatable bonds is 6. The van der Waals surface area contributed by atoms with Gasteiger partial charge < -0.3 is 23.9 Å². The number of benzene rings is 4. The number of azo groups is 1. The molecule has 0 aliphatic rings. The van der Waals surface area contributed by atoms with Crippen LogP contribution in [-0.4, -0.2) is 57.0 Å². The predicted octanol–water partition coefficient (Wildman–Crippen LogP) is -10.8. The Kier molecular flexibility index (Phi) is 15.7. The Morgan fingerprint density at radius 3 is 1.64 bits per heavy atom. The summed E-state index contributed by atoms with van der Waals surface area (Å²) in [6.45, 7) is 0. The Hall–Kier alpha value is 0.240. The van der Waals surface area contributed by atoms with E-state index in [1.54, 1.807) is 0 Å². The molecule has 44 heavy (non-hydrogen) atoms. The number of nitrogens with zero attached hydrogens (tertiary/aromatic N) is 2. The van der Waals surface area contributed by atoms with Crippen molar-refractivity contribution in [2.45, 2.75) is 19.6 Å². The smallest absolute Gasteiger partial charge is 0.870 e. The Bertz CT molecular complexity index is 2250. The number of phenols is 1. The van der Waals surface area contributed by atoms with Gasteiger partial charge >= 0.3 is 118 Å². The maximum absolute atomic E-state index is 13.0. The minimum Gasteiger partial charge on any atom is -0.870 e. The molecule has 0 amide bonds. The zero-order valence-corrected chi connectivity index (χ0v) is 34.2. The Labute approximate surface area is 338 Å². The molecule has 0 unspecified atom stereocenters. The molecule has 0 atom stereocenters. The van der Waals surface area contributed by atoms with Crippen molar-refractivity contribution >= 4 is 73.4 Å². The molecule has 0 fully saturated rings. The molecular formula is C20H10N2Na4O14S4. The standard InChI is InChI=1S/C20H14N2O14S4.4Na/c23-15-7-12(37(25,26)27)4-10-5-17(40(34,35)36)19(20(24)18(10)15)22-21-11-2-1-9-3-13(38(28,29)30)8-16(14(9)6-11)39(31,32)33;;;;/h1-8,23-24H,(H,25,26,27)(H,28,29,30)(H,31,32,33)(H,34,35,36);;;;/q;4*+1/p-4. The molecule has 212 valence electrons. The van der Waals surface area contributed by atoms with E-state index in [4.69, 9.17) is 0 Å². The number of fused-ring (bicyclic) bond motifs is 2. The summed E-state index contributed by atoms with van der Waals surface area (Å²) >= 11 is 0. The van der Waals surface area contributed by atoms with Gasteiger partial charge in [-0.15, -0.1) is 5.11 Å². The minimum atomic E-state index is -5.35. The van der Waals surface area contributed by atoms with Crippen LogP contribution in [0.15, 0.2) is 78.3 Å². The summed E-state index contributed by atoms with van der Waals surface area (Å²) < 4.78 is 137. The average molecular weight is 723 g/mol. The topological polar surface area (TPSA) is 294 Å². The van der Waals surface area contributed by atoms with Crippen LogP contribution in [0.25, 0.3) is 21.5 Å². The molecule has 0 spiro atoms. The monoisotopic (exact) mass is 722 g/mol. The van der Waals surface area contributed by atoms with Crippen LogP contribution in [0, 0.1) is 0 Å². The van der Waals surface area contributed by atoms with E-state index >= 15 is 0 Å². The second kappa shape index (κ2) is 15.6. The number of hydrogen-bond acceptors (Lipinski definition) is 15. The van der Waals surface area contributed by atoms with Crippen LogP contribution in [0.1, 0.15) is 0 Å². The van der Waals surface area contributed by atoms with Crippen LogP contribution in [0.2, 0.25) is 0 Å². The normalized spacial score (nSPS) is 12.2. The van der Waals surface area contributed by atoms with Crippen LogP contribution in [-0.2, 0) is 40.5 Å². The summed E-state index contributed by atoms with van der Waals surface area (Å²) in [4.78, 5) is -4.34. The summed E-state index contributed by atoms with van der Waals surface area (Å²) in [5.41, 5.74) is -1.43. The first-order chi connectivity index (χ1) is 18.2. The van der Waals surface area contributed by atoms with Crippen LogP contribution in [0.3, 0.4) is 0 Å². The van der Waals surface area contributed by atoms with Crippen molar-refractivity contribution in [1.29, 1.82) is 0 Å². The fraction of sp³-hybridized carbons (Fsp3) is 0. The number of aromatic hydroxyl groups is 1. The first kappa shape index (κ1) is 44.2. The van der Waals surface area contributed by atoms with Gasteiger partial charge in [0.25, 0.3) is 10.1 Å². The molecule has 0 aliphatic carbocycles. The third-order valence-electron chi connectivity index (χ3n) is 5.35. The molecule has 0 aromatic heterocycles. The van der Waals surface area contributed by atoms with Crippen molar-refractivity contribution in [2.24, 2.45) is 10.2 Å². The molecule has 0 bridgehead atoms. The molecule has 0 radical (unpaired) electrons. The fourth-order valence-corrected chi connectivity index (χ4v) is 6.17. The number of phenolic OH excluding ortho intramolecular Hbond substituents is 1. The summed E-state index contributed by atoms with van der Waals surface area (Å²) in [6, 6.07) is 5.64. The quantitative estimate of drug-likeness (QED) is 0.106. The molecule has 0 saturated heterocycles. The first-order valence-corrected chi connectivity index (χ1v) is 15.7. The van der Waals surface area contributed by atoms with Gasteiger partial charge in [-0.1, -0.05) is 11.8 Å². The van der Waals surface area contributed by atoms with Gasteiger partial charge in [0.2, 0.25) is 0 Å². The van der Waals surface area contributed by atoms with E-state index in [2.05, 4.69) is 10.2 Å². The van der Waals surface area contributed by atoms with Crippen LogP contribution in [0.5, 0.6) is 11.5 Å². The zero-order chi connectivity index (χ0) is 30.0. The third-order valence-corrected chi connectivity index (χ3v) is 8.72. The van der Waals surface area contributed by atoms with Gasteiger partial charge in [-0.3, -0.25) is 4.55 Å². The predicted molar refractivity (Wildman–Crippen MR) is 127 cm³/mol. The Morgan fingerprint density at radius 1 is 0.614 bits per heavy atom. The maximum Gasteiger partial charge on any atom is 1.00 e. The van der Waals surface area contributed by atoms with Crippen molar-refractivity contribution in [2.75, 3.05) is 0 Å². The summed E-state index contributed by atoms with van der Waals surface area (Å²) in [5.74, 6) is -2.43. The zero-order valence-electron chi connectivity index (χ0n) is 22.9. The molecule has 0 saturated carbocycles. The van der Waals surface area contributed by atoms with Crippen LogP contribution in [0.4, 0.5) is 11.4 Å². The van der Waals surface area contributed by atoms with E-state index in [9.17, 15) is 62.1 Å². The minimum absolute atomic E-state index is 0. The van der Waals surface area contributed by atoms with E-state index in [1.165, 1.54) is 0 Å². The molecule has 0 heterocycles. The van der Waals surface area contributed by atoms with E-state index in [0.29, 0.717) is 24.3 Å². The van der Waals surface area contributed by atoms with E-state index in [-0.39, 0.29) is 129 Å². The van der Waals surface area contributed by atoms with E-state index in [1.807, 2.05) is 0 Å². The van der Waals surface area contributed by atoms with Gasteiger partial charge in [0.05, 0.1) is 26.1 Å². The molecule has 4 rings (SSSR count). The van der Waals surface area contributed by atoms with E-state index < -0.39 is 93.4 Å². The molecule has 2 N–H and O–H groups in total. The molecule has 0 aliphatic heterocycles. The van der Waals surface area contributed by atoms with Crippen molar-refractivity contribution < 1.29 is 180 Å². The first-order valence-electron chi connectivity index (χ1n) is 10.0. The summed E-state index contributed by atoms with van der Waals surface area (Å²) in [7, 11) is -20.9. The Morgan fingerprint density at radius 2 is 1.14 bits per heavy atom.